The van der Waals surface area contributed by atoms with Crippen LogP contribution in [-0.2, 0) is 51.7 Å². The maximum absolute atomic E-state index is 7.45. The lowest BCUT2D eigenvalue weighted by atomic mass is 9.86. The third-order valence-electron chi connectivity index (χ3n) is 11.9. The van der Waals surface area contributed by atoms with Crippen LogP contribution in [0.2, 0.25) is 0 Å². The fraction of sp³-hybridized carbons (Fsp3) is 0.250. The number of hydrogen-bond acceptors (Lipinski definition) is 4. The van der Waals surface area contributed by atoms with Gasteiger partial charge in [0.05, 0.1) is 17.1 Å². The fourth-order valence-corrected chi connectivity index (χ4v) is 21.8. The van der Waals surface area contributed by atoms with Gasteiger partial charge >= 0.3 is 0 Å². The topological polar surface area (TPSA) is 3.24 Å². The molecule has 55 heavy (non-hydrogen) atoms. The molecule has 0 aromatic heterocycles. The van der Waals surface area contributed by atoms with E-state index in [1.165, 1.54) is 81.5 Å². The van der Waals surface area contributed by atoms with Crippen LogP contribution in [-0.4, -0.2) is 0 Å². The summed E-state index contributed by atoms with van der Waals surface area (Å²) in [6.45, 7) is 21.0. The minimum absolute atomic E-state index is 0.132. The summed E-state index contributed by atoms with van der Waals surface area (Å²) >= 11 is 22.4. The molecule has 0 unspecified atom stereocenters. The molecule has 0 saturated carbocycles. The van der Waals surface area contributed by atoms with Crippen molar-refractivity contribution in [3.63, 3.8) is 0 Å². The van der Waals surface area contributed by atoms with Crippen molar-refractivity contribution in [2.75, 3.05) is 4.90 Å². The average Bonchev–Trinajstić information content (AvgIpc) is 3.16. The van der Waals surface area contributed by atoms with Crippen molar-refractivity contribution in [2.45, 2.75) is 78.6 Å². The van der Waals surface area contributed by atoms with Crippen molar-refractivity contribution in [1.82, 2.24) is 0 Å². The van der Waals surface area contributed by atoms with Gasteiger partial charge in [0.25, 0.3) is 0 Å². The van der Waals surface area contributed by atoms with Crippen LogP contribution in [0.4, 0.5) is 17.1 Å². The van der Waals surface area contributed by atoms with Gasteiger partial charge in [-0.1, -0.05) is 189 Å². The van der Waals surface area contributed by atoms with Crippen molar-refractivity contribution in [3.05, 3.63) is 144 Å². The summed E-state index contributed by atoms with van der Waals surface area (Å²) in [7, 11) is 0. The molecule has 6 aromatic rings. The highest BCUT2D eigenvalue weighted by Crippen LogP contribution is 2.66. The number of nitrogens with zero attached hydrogens (tertiary/aromatic N) is 1. The van der Waals surface area contributed by atoms with Crippen molar-refractivity contribution < 1.29 is 0 Å². The third kappa shape index (κ3) is 5.25. The fourth-order valence-electron chi connectivity index (χ4n) is 8.71. The van der Waals surface area contributed by atoms with Crippen molar-refractivity contribution in [3.8, 4) is 0 Å². The van der Waals surface area contributed by atoms with Crippen LogP contribution in [0.15, 0.2) is 127 Å². The molecule has 0 aliphatic carbocycles. The first-order valence-corrected chi connectivity index (χ1v) is 27.6. The molecule has 0 fully saturated rings. The van der Waals surface area contributed by atoms with Gasteiger partial charge in [-0.3, -0.25) is 0 Å². The minimum atomic E-state index is -2.69. The first kappa shape index (κ1) is 37.6. The summed E-state index contributed by atoms with van der Waals surface area (Å²) in [4.78, 5) is 2.64. The van der Waals surface area contributed by atoms with E-state index in [0.29, 0.717) is 0 Å². The molecule has 0 saturated heterocycles. The lowest BCUT2D eigenvalue weighted by Crippen LogP contribution is -2.53. The quantitative estimate of drug-likeness (QED) is 0.164. The van der Waals surface area contributed by atoms with Crippen LogP contribution in [0.25, 0.3) is 0 Å². The number of benzene rings is 6. The van der Waals surface area contributed by atoms with Gasteiger partial charge in [0.15, 0.2) is 0 Å². The molecule has 3 aliphatic heterocycles. The molecule has 0 spiro atoms. The Morgan fingerprint density at radius 2 is 0.545 bits per heavy atom. The highest BCUT2D eigenvalue weighted by molar-refractivity contribution is 8.28. The standard InChI is InChI=1S/C48H48NP3S3/c1-46(2,3)31-25-37-43-38(26-31)51(54,35-21-15-11-16-22-35)40-28-33(48(7,8)9)30-42-45(40)49(43)44-39(50(37,53)34-19-13-10-14-20-34)27-32(47(4,5)6)29-41(44)52(42,55)36-23-17-12-18-24-36/h10-30H,1-9H3. The Morgan fingerprint density at radius 1 is 0.345 bits per heavy atom. The van der Waals surface area contributed by atoms with Crippen LogP contribution >= 0.6 is 18.1 Å². The van der Waals surface area contributed by atoms with Crippen LogP contribution in [0.5, 0.6) is 0 Å². The maximum Gasteiger partial charge on any atom is 0.0644 e. The Hall–Kier alpha value is -2.93. The van der Waals surface area contributed by atoms with Crippen molar-refractivity contribution in [1.29, 1.82) is 0 Å². The molecule has 0 atom stereocenters. The monoisotopic (exact) mass is 827 g/mol. The number of anilines is 3. The summed E-state index contributed by atoms with van der Waals surface area (Å²) in [5.41, 5.74) is 7.12. The van der Waals surface area contributed by atoms with Gasteiger partial charge < -0.3 is 4.90 Å². The second-order valence-corrected chi connectivity index (χ2v) is 31.5. The van der Waals surface area contributed by atoms with E-state index >= 15 is 0 Å². The summed E-state index contributed by atoms with van der Waals surface area (Å²) in [5.74, 6) is 0. The first-order valence-electron chi connectivity index (χ1n) is 19.2. The second kappa shape index (κ2) is 12.3. The molecule has 0 bridgehead atoms. The van der Waals surface area contributed by atoms with E-state index < -0.39 is 18.1 Å². The van der Waals surface area contributed by atoms with E-state index in [1.54, 1.807) is 0 Å². The maximum atomic E-state index is 7.45. The van der Waals surface area contributed by atoms with Gasteiger partial charge in [-0.2, -0.15) is 0 Å². The summed E-state index contributed by atoms with van der Waals surface area (Å²) in [5, 5.41) is 11.2. The van der Waals surface area contributed by atoms with Crippen molar-refractivity contribution >= 4 is 118 Å². The molecule has 3 aliphatic rings. The largest absolute Gasteiger partial charge is 0.306 e. The molecule has 0 amide bonds. The molecular formula is C48H48NP3S3. The van der Waals surface area contributed by atoms with E-state index in [9.17, 15) is 0 Å². The summed E-state index contributed by atoms with van der Waals surface area (Å²) in [6.07, 6.45) is 0. The van der Waals surface area contributed by atoms with Gasteiger partial charge in [-0.15, -0.1) is 0 Å². The van der Waals surface area contributed by atoms with Crippen LogP contribution < -0.4 is 52.6 Å². The molecule has 7 heteroatoms. The predicted octanol–water partition coefficient (Wildman–Crippen LogP) is 9.26. The van der Waals surface area contributed by atoms with Gasteiger partial charge in [-0.25, -0.2) is 0 Å². The number of hydrogen-bond donors (Lipinski definition) is 0. The smallest absolute Gasteiger partial charge is 0.0644 e. The SMILES string of the molecule is CC(C)(C)c1cc2c3c(c1)P(=S)(c1ccccc1)c1cc(C(C)(C)C)cc4c1N3c1c(cc(C(C)(C)C)cc1P4(=S)c1ccccc1)P2(=S)c1ccccc1. The molecule has 0 N–H and O–H groups in total. The van der Waals surface area contributed by atoms with Gasteiger partial charge in [0.2, 0.25) is 0 Å². The van der Waals surface area contributed by atoms with E-state index in [-0.39, 0.29) is 16.2 Å². The second-order valence-electron chi connectivity index (χ2n) is 18.5. The zero-order chi connectivity index (χ0) is 39.1. The van der Waals surface area contributed by atoms with Crippen LogP contribution in [0.1, 0.15) is 79.0 Å². The van der Waals surface area contributed by atoms with Crippen molar-refractivity contribution in [2.24, 2.45) is 0 Å². The Kier molecular flexibility index (Phi) is 8.41. The minimum Gasteiger partial charge on any atom is -0.306 e. The molecule has 3 heterocycles. The molecule has 278 valence electrons. The molecule has 1 nitrogen and oxygen atoms in total. The predicted molar refractivity (Wildman–Crippen MR) is 256 cm³/mol. The summed E-state index contributed by atoms with van der Waals surface area (Å²) in [6, 6.07) is 39.9. The van der Waals surface area contributed by atoms with Crippen LogP contribution in [0.3, 0.4) is 0 Å². The van der Waals surface area contributed by atoms with E-state index in [2.05, 4.69) is 195 Å². The van der Waals surface area contributed by atoms with E-state index in [1.807, 2.05) is 0 Å². The molecular weight excluding hydrogens is 780 g/mol. The van der Waals surface area contributed by atoms with Crippen LogP contribution in [0, 0.1) is 0 Å². The molecule has 0 radical (unpaired) electrons. The van der Waals surface area contributed by atoms with E-state index in [4.69, 9.17) is 35.4 Å². The molecule has 6 aromatic carbocycles. The zero-order valence-corrected chi connectivity index (χ0v) is 38.3. The lowest BCUT2D eigenvalue weighted by Gasteiger charge is -2.53. The normalized spacial score (nSPS) is 22.3. The summed E-state index contributed by atoms with van der Waals surface area (Å²) < 4.78 is 0. The Bertz CT molecular complexity index is 2340. The highest BCUT2D eigenvalue weighted by atomic mass is 32.4. The Balaban J connectivity index is 1.61. The van der Waals surface area contributed by atoms with Gasteiger partial charge in [0.1, 0.15) is 0 Å². The van der Waals surface area contributed by atoms with E-state index in [0.717, 1.165) is 0 Å². The average molecular weight is 828 g/mol. The molecule has 9 rings (SSSR count). The zero-order valence-electron chi connectivity index (χ0n) is 33.1. The number of rotatable bonds is 3. The third-order valence-corrected chi connectivity index (χ3v) is 26.5. The van der Waals surface area contributed by atoms with Gasteiger partial charge in [-0.05, 0) is 85.2 Å². The Labute approximate surface area is 343 Å². The lowest BCUT2D eigenvalue weighted by molar-refractivity contribution is 0.591. The first-order chi connectivity index (χ1) is 25.8. The Morgan fingerprint density at radius 3 is 0.727 bits per heavy atom. The highest BCUT2D eigenvalue weighted by Gasteiger charge is 2.53. The van der Waals surface area contributed by atoms with Gasteiger partial charge in [0, 0.05) is 49.9 Å².